The Hall–Kier alpha value is -2.30. The molecule has 1 aromatic heterocycles. The molecule has 0 radical (unpaired) electrons. The minimum absolute atomic E-state index is 0.288. The third-order valence-corrected chi connectivity index (χ3v) is 3.00. The van der Waals surface area contributed by atoms with Crippen molar-refractivity contribution in [2.75, 3.05) is 19.5 Å². The molecular formula is C15H17FN2O2. The highest BCUT2D eigenvalue weighted by atomic mass is 19.1. The highest BCUT2D eigenvalue weighted by Crippen LogP contribution is 2.32. The maximum atomic E-state index is 14.0. The molecule has 0 spiro atoms. The van der Waals surface area contributed by atoms with Crippen LogP contribution in [-0.2, 0) is 0 Å². The monoisotopic (exact) mass is 276 g/mol. The first-order valence-corrected chi connectivity index (χ1v) is 6.25. The van der Waals surface area contributed by atoms with Crippen LogP contribution >= 0.6 is 0 Å². The summed E-state index contributed by atoms with van der Waals surface area (Å²) in [6.07, 6.45) is 1.64. The van der Waals surface area contributed by atoms with Gasteiger partial charge in [0.1, 0.15) is 11.6 Å². The third kappa shape index (κ3) is 2.82. The van der Waals surface area contributed by atoms with Crippen molar-refractivity contribution in [1.82, 2.24) is 4.98 Å². The Bertz CT molecular complexity index is 590. The third-order valence-electron chi connectivity index (χ3n) is 3.00. The molecule has 0 saturated heterocycles. The molecule has 4 nitrogen and oxygen atoms in total. The van der Waals surface area contributed by atoms with Gasteiger partial charge in [-0.2, -0.15) is 0 Å². The first-order valence-electron chi connectivity index (χ1n) is 6.25. The molecule has 0 aliphatic carbocycles. The summed E-state index contributed by atoms with van der Waals surface area (Å²) in [5, 5.41) is 3.19. The predicted octanol–water partition coefficient (Wildman–Crippen LogP) is 3.41. The zero-order valence-electron chi connectivity index (χ0n) is 11.7. The van der Waals surface area contributed by atoms with Gasteiger partial charge in [0, 0.05) is 6.20 Å². The minimum Gasteiger partial charge on any atom is -0.496 e. The number of rotatable bonds is 5. The van der Waals surface area contributed by atoms with Crippen molar-refractivity contribution in [2.24, 2.45) is 0 Å². The van der Waals surface area contributed by atoms with Crippen LogP contribution in [0.2, 0.25) is 0 Å². The van der Waals surface area contributed by atoms with Crippen LogP contribution in [-0.4, -0.2) is 19.2 Å². The molecule has 0 aliphatic rings. The summed E-state index contributed by atoms with van der Waals surface area (Å²) in [5.41, 5.74) is 1.17. The number of pyridine rings is 1. The number of benzene rings is 1. The number of nitrogens with one attached hydrogen (secondary N) is 1. The van der Waals surface area contributed by atoms with E-state index in [0.29, 0.717) is 22.9 Å². The van der Waals surface area contributed by atoms with Gasteiger partial charge in [-0.3, -0.25) is 0 Å². The topological polar surface area (TPSA) is 43.4 Å². The summed E-state index contributed by atoms with van der Waals surface area (Å²) in [5.74, 6) is 0.662. The molecule has 0 saturated carbocycles. The first kappa shape index (κ1) is 14.1. The van der Waals surface area contributed by atoms with Gasteiger partial charge in [-0.15, -0.1) is 0 Å². The second kappa shape index (κ2) is 6.23. The minimum atomic E-state index is -0.313. The zero-order chi connectivity index (χ0) is 14.5. The van der Waals surface area contributed by atoms with Crippen LogP contribution in [0.25, 0.3) is 0 Å². The van der Waals surface area contributed by atoms with E-state index in [9.17, 15) is 4.39 Å². The van der Waals surface area contributed by atoms with E-state index in [1.807, 2.05) is 13.0 Å². The molecule has 1 unspecified atom stereocenters. The number of anilines is 1. The van der Waals surface area contributed by atoms with Crippen molar-refractivity contribution >= 4 is 5.69 Å². The zero-order valence-corrected chi connectivity index (χ0v) is 11.7. The van der Waals surface area contributed by atoms with E-state index in [1.54, 1.807) is 31.5 Å². The van der Waals surface area contributed by atoms with Crippen LogP contribution in [0.1, 0.15) is 18.5 Å². The fourth-order valence-electron chi connectivity index (χ4n) is 2.08. The van der Waals surface area contributed by atoms with E-state index in [0.717, 1.165) is 0 Å². The molecule has 2 aromatic rings. The van der Waals surface area contributed by atoms with Crippen LogP contribution in [0.15, 0.2) is 36.5 Å². The number of hydrogen-bond donors (Lipinski definition) is 1. The van der Waals surface area contributed by atoms with Gasteiger partial charge in [0.15, 0.2) is 0 Å². The van der Waals surface area contributed by atoms with E-state index in [2.05, 4.69) is 10.3 Å². The molecule has 1 heterocycles. The molecule has 5 heteroatoms. The van der Waals surface area contributed by atoms with E-state index in [-0.39, 0.29) is 11.9 Å². The van der Waals surface area contributed by atoms with Gasteiger partial charge in [-0.25, -0.2) is 9.37 Å². The SMILES string of the molecule is COc1cccc(F)c1C(C)Nc1cccnc1OC. The molecule has 0 fully saturated rings. The van der Waals surface area contributed by atoms with Crippen LogP contribution in [0.5, 0.6) is 11.6 Å². The maximum Gasteiger partial charge on any atom is 0.237 e. The van der Waals surface area contributed by atoms with Crippen LogP contribution in [0, 0.1) is 5.82 Å². The van der Waals surface area contributed by atoms with Crippen LogP contribution in [0.3, 0.4) is 0 Å². The van der Waals surface area contributed by atoms with E-state index >= 15 is 0 Å². The number of methoxy groups -OCH3 is 2. The van der Waals surface area contributed by atoms with Crippen LogP contribution in [0.4, 0.5) is 10.1 Å². The van der Waals surface area contributed by atoms with Gasteiger partial charge in [0.2, 0.25) is 5.88 Å². The molecule has 0 bridgehead atoms. The Morgan fingerprint density at radius 2 is 1.95 bits per heavy atom. The first-order chi connectivity index (χ1) is 9.67. The number of nitrogens with zero attached hydrogens (tertiary/aromatic N) is 1. The quantitative estimate of drug-likeness (QED) is 0.908. The van der Waals surface area contributed by atoms with Gasteiger partial charge in [0.25, 0.3) is 0 Å². The number of ether oxygens (including phenoxy) is 2. The molecule has 0 amide bonds. The molecular weight excluding hydrogens is 259 g/mol. The van der Waals surface area contributed by atoms with E-state index in [1.165, 1.54) is 13.2 Å². The highest BCUT2D eigenvalue weighted by molar-refractivity contribution is 5.54. The Morgan fingerprint density at radius 1 is 1.15 bits per heavy atom. The summed E-state index contributed by atoms with van der Waals surface area (Å²) in [6.45, 7) is 1.85. The van der Waals surface area contributed by atoms with Gasteiger partial charge in [0.05, 0.1) is 31.5 Å². The van der Waals surface area contributed by atoms with Crippen LogP contribution < -0.4 is 14.8 Å². The summed E-state index contributed by atoms with van der Waals surface area (Å²) in [4.78, 5) is 4.10. The summed E-state index contributed by atoms with van der Waals surface area (Å²) in [6, 6.07) is 8.10. The number of hydrogen-bond acceptors (Lipinski definition) is 4. The molecule has 2 rings (SSSR count). The smallest absolute Gasteiger partial charge is 0.237 e. The lowest BCUT2D eigenvalue weighted by Crippen LogP contribution is -2.11. The van der Waals surface area contributed by atoms with Crippen molar-refractivity contribution in [3.63, 3.8) is 0 Å². The molecule has 1 N–H and O–H groups in total. The lowest BCUT2D eigenvalue weighted by molar-refractivity contribution is 0.397. The lowest BCUT2D eigenvalue weighted by Gasteiger charge is -2.19. The van der Waals surface area contributed by atoms with Crippen molar-refractivity contribution in [3.05, 3.63) is 47.9 Å². The van der Waals surface area contributed by atoms with Gasteiger partial charge in [-0.05, 0) is 31.2 Å². The van der Waals surface area contributed by atoms with Gasteiger partial charge in [-0.1, -0.05) is 6.07 Å². The Morgan fingerprint density at radius 3 is 2.65 bits per heavy atom. The van der Waals surface area contributed by atoms with E-state index < -0.39 is 0 Å². The summed E-state index contributed by atoms with van der Waals surface area (Å²) < 4.78 is 24.4. The normalized spacial score (nSPS) is 11.8. The highest BCUT2D eigenvalue weighted by Gasteiger charge is 2.17. The van der Waals surface area contributed by atoms with Crippen molar-refractivity contribution in [1.29, 1.82) is 0 Å². The number of halogens is 1. The molecule has 0 aliphatic heterocycles. The molecule has 20 heavy (non-hydrogen) atoms. The molecule has 1 atom stereocenters. The molecule has 106 valence electrons. The largest absolute Gasteiger partial charge is 0.496 e. The molecule has 1 aromatic carbocycles. The Balaban J connectivity index is 2.31. The fraction of sp³-hybridized carbons (Fsp3) is 0.267. The van der Waals surface area contributed by atoms with Crippen molar-refractivity contribution < 1.29 is 13.9 Å². The van der Waals surface area contributed by atoms with E-state index in [4.69, 9.17) is 9.47 Å². The van der Waals surface area contributed by atoms with Gasteiger partial charge < -0.3 is 14.8 Å². The Labute approximate surface area is 117 Å². The lowest BCUT2D eigenvalue weighted by atomic mass is 10.1. The Kier molecular flexibility index (Phi) is 4.40. The summed E-state index contributed by atoms with van der Waals surface area (Å²) >= 11 is 0. The second-order valence-electron chi connectivity index (χ2n) is 4.28. The summed E-state index contributed by atoms with van der Waals surface area (Å²) in [7, 11) is 3.07. The average Bonchev–Trinajstić information content (AvgIpc) is 2.47. The average molecular weight is 276 g/mol. The number of aromatic nitrogens is 1. The fourth-order valence-corrected chi connectivity index (χ4v) is 2.08. The predicted molar refractivity (Wildman–Crippen MR) is 75.8 cm³/mol. The second-order valence-corrected chi connectivity index (χ2v) is 4.28. The maximum absolute atomic E-state index is 14.0. The standard InChI is InChI=1S/C15H17FN2O2/c1-10(14-11(16)6-4-8-13(14)19-2)18-12-7-5-9-17-15(12)20-3/h4-10,18H,1-3H3. The van der Waals surface area contributed by atoms with Crippen molar-refractivity contribution in [3.8, 4) is 11.6 Å². The van der Waals surface area contributed by atoms with Gasteiger partial charge >= 0.3 is 0 Å². The van der Waals surface area contributed by atoms with Crippen molar-refractivity contribution in [2.45, 2.75) is 13.0 Å².